The van der Waals surface area contributed by atoms with Gasteiger partial charge in [-0.05, 0) is 30.7 Å². The van der Waals surface area contributed by atoms with Crippen LogP contribution in [0, 0.1) is 12.7 Å². The van der Waals surface area contributed by atoms with Crippen LogP contribution < -0.4 is 10.2 Å². The Morgan fingerprint density at radius 2 is 2.07 bits per heavy atom. The number of ether oxygens (including phenoxy) is 1. The number of carbonyl (C=O) groups excluding carboxylic acids is 1. The normalized spacial score (nSPS) is 14.0. The van der Waals surface area contributed by atoms with E-state index in [1.807, 2.05) is 12.1 Å². The third-order valence-electron chi connectivity index (χ3n) is 4.83. The SMILES string of the molecule is Cc1ccc(-c2noc(CCC(=O)Nc3ccc(N4CCOCC4)nc3)n2)cc1F. The number of rotatable bonds is 6. The van der Waals surface area contributed by atoms with E-state index in [1.54, 1.807) is 25.3 Å². The summed E-state index contributed by atoms with van der Waals surface area (Å²) >= 11 is 0. The van der Waals surface area contributed by atoms with Crippen molar-refractivity contribution in [3.63, 3.8) is 0 Å². The highest BCUT2D eigenvalue weighted by atomic mass is 19.1. The van der Waals surface area contributed by atoms with E-state index in [2.05, 4.69) is 25.3 Å². The van der Waals surface area contributed by atoms with Gasteiger partial charge in [-0.3, -0.25) is 4.79 Å². The van der Waals surface area contributed by atoms with Crippen molar-refractivity contribution < 1.29 is 18.4 Å². The van der Waals surface area contributed by atoms with Crippen molar-refractivity contribution in [2.75, 3.05) is 36.5 Å². The number of carbonyl (C=O) groups is 1. The van der Waals surface area contributed by atoms with Gasteiger partial charge in [-0.1, -0.05) is 17.3 Å². The lowest BCUT2D eigenvalue weighted by Crippen LogP contribution is -2.36. The first-order chi connectivity index (χ1) is 14.6. The first-order valence-corrected chi connectivity index (χ1v) is 9.76. The topological polar surface area (TPSA) is 93.4 Å². The molecule has 1 saturated heterocycles. The molecule has 1 aliphatic rings. The number of hydrogen-bond donors (Lipinski definition) is 1. The maximum Gasteiger partial charge on any atom is 0.227 e. The number of nitrogens with zero attached hydrogens (tertiary/aromatic N) is 4. The van der Waals surface area contributed by atoms with Gasteiger partial charge in [-0.25, -0.2) is 9.37 Å². The van der Waals surface area contributed by atoms with E-state index in [0.717, 1.165) is 18.9 Å². The summed E-state index contributed by atoms with van der Waals surface area (Å²) in [5.74, 6) is 0.972. The molecule has 1 N–H and O–H groups in total. The van der Waals surface area contributed by atoms with E-state index in [4.69, 9.17) is 9.26 Å². The van der Waals surface area contributed by atoms with Crippen molar-refractivity contribution in [3.8, 4) is 11.4 Å². The van der Waals surface area contributed by atoms with Crippen LogP contribution in [0.4, 0.5) is 15.9 Å². The quantitative estimate of drug-likeness (QED) is 0.666. The van der Waals surface area contributed by atoms with Gasteiger partial charge in [0, 0.05) is 31.5 Å². The van der Waals surface area contributed by atoms with Crippen LogP contribution in [0.3, 0.4) is 0 Å². The summed E-state index contributed by atoms with van der Waals surface area (Å²) in [7, 11) is 0. The van der Waals surface area contributed by atoms with Crippen molar-refractivity contribution in [3.05, 3.63) is 53.8 Å². The lowest BCUT2D eigenvalue weighted by atomic mass is 10.1. The number of amides is 1. The molecule has 3 heterocycles. The lowest BCUT2D eigenvalue weighted by molar-refractivity contribution is -0.116. The lowest BCUT2D eigenvalue weighted by Gasteiger charge is -2.27. The van der Waals surface area contributed by atoms with Crippen molar-refractivity contribution in [2.45, 2.75) is 19.8 Å². The largest absolute Gasteiger partial charge is 0.378 e. The molecule has 0 spiro atoms. The number of aryl methyl sites for hydroxylation is 2. The molecule has 0 unspecified atom stereocenters. The molecule has 1 amide bonds. The summed E-state index contributed by atoms with van der Waals surface area (Å²) in [5, 5.41) is 6.68. The van der Waals surface area contributed by atoms with Gasteiger partial charge in [-0.15, -0.1) is 0 Å². The Bertz CT molecular complexity index is 1020. The van der Waals surface area contributed by atoms with Gasteiger partial charge >= 0.3 is 0 Å². The van der Waals surface area contributed by atoms with E-state index < -0.39 is 0 Å². The number of pyridine rings is 1. The van der Waals surface area contributed by atoms with Crippen molar-refractivity contribution in [1.29, 1.82) is 0 Å². The molecule has 30 heavy (non-hydrogen) atoms. The minimum absolute atomic E-state index is 0.176. The van der Waals surface area contributed by atoms with E-state index in [-0.39, 0.29) is 24.6 Å². The number of benzene rings is 1. The number of nitrogens with one attached hydrogen (secondary N) is 1. The Balaban J connectivity index is 1.29. The number of hydrogen-bond acceptors (Lipinski definition) is 7. The number of morpholine rings is 1. The molecule has 156 valence electrons. The van der Waals surface area contributed by atoms with E-state index in [0.29, 0.717) is 41.7 Å². The molecule has 0 saturated carbocycles. The van der Waals surface area contributed by atoms with Crippen LogP contribution in [0.5, 0.6) is 0 Å². The highest BCUT2D eigenvalue weighted by molar-refractivity contribution is 5.90. The summed E-state index contributed by atoms with van der Waals surface area (Å²) in [4.78, 5) is 23.0. The molecule has 2 aromatic heterocycles. The molecular weight excluding hydrogens is 389 g/mol. The Kier molecular flexibility index (Phi) is 5.99. The molecule has 4 rings (SSSR count). The van der Waals surface area contributed by atoms with Gasteiger partial charge in [0.25, 0.3) is 0 Å². The second kappa shape index (κ2) is 9.00. The maximum atomic E-state index is 13.7. The van der Waals surface area contributed by atoms with Gasteiger partial charge < -0.3 is 19.5 Å². The number of aromatic nitrogens is 3. The smallest absolute Gasteiger partial charge is 0.227 e. The fraction of sp³-hybridized carbons (Fsp3) is 0.333. The third-order valence-corrected chi connectivity index (χ3v) is 4.83. The molecule has 0 atom stereocenters. The molecule has 3 aromatic rings. The minimum atomic E-state index is -0.327. The van der Waals surface area contributed by atoms with Crippen molar-refractivity contribution >= 4 is 17.4 Å². The van der Waals surface area contributed by atoms with Crippen LogP contribution in [-0.4, -0.2) is 47.3 Å². The van der Waals surface area contributed by atoms with Gasteiger partial charge in [0.1, 0.15) is 11.6 Å². The zero-order chi connectivity index (χ0) is 20.9. The van der Waals surface area contributed by atoms with Gasteiger partial charge in [0.2, 0.25) is 17.6 Å². The van der Waals surface area contributed by atoms with E-state index in [9.17, 15) is 9.18 Å². The molecular formula is C21H22FN5O3. The maximum absolute atomic E-state index is 13.7. The first kappa shape index (κ1) is 20.0. The fourth-order valence-electron chi connectivity index (χ4n) is 3.09. The molecule has 0 bridgehead atoms. The van der Waals surface area contributed by atoms with Gasteiger partial charge in [0.15, 0.2) is 0 Å². The van der Waals surface area contributed by atoms with Crippen molar-refractivity contribution in [1.82, 2.24) is 15.1 Å². The molecule has 9 heteroatoms. The average Bonchev–Trinajstić information content (AvgIpc) is 3.24. The minimum Gasteiger partial charge on any atom is -0.378 e. The fourth-order valence-corrected chi connectivity index (χ4v) is 3.09. The van der Waals surface area contributed by atoms with Crippen LogP contribution in [0.15, 0.2) is 41.1 Å². The summed E-state index contributed by atoms with van der Waals surface area (Å²) in [6.45, 7) is 4.68. The Hall–Kier alpha value is -3.33. The molecule has 1 aromatic carbocycles. The summed E-state index contributed by atoms with van der Waals surface area (Å²) < 4.78 is 24.2. The Labute approximate surface area is 173 Å². The van der Waals surface area contributed by atoms with Gasteiger partial charge in [-0.2, -0.15) is 4.98 Å². The molecule has 1 fully saturated rings. The zero-order valence-corrected chi connectivity index (χ0v) is 16.6. The predicted molar refractivity (Wildman–Crippen MR) is 109 cm³/mol. The Morgan fingerprint density at radius 1 is 1.23 bits per heavy atom. The molecule has 0 aliphatic carbocycles. The standard InChI is InChI=1S/C21H22FN5O3/c1-14-2-3-15(12-17(14)22)21-25-20(30-26-21)7-6-19(28)24-16-4-5-18(23-13-16)27-8-10-29-11-9-27/h2-5,12-13H,6-11H2,1H3,(H,24,28). The summed E-state index contributed by atoms with van der Waals surface area (Å²) in [6.07, 6.45) is 2.10. The highest BCUT2D eigenvalue weighted by Crippen LogP contribution is 2.20. The van der Waals surface area contributed by atoms with Crippen LogP contribution in [0.2, 0.25) is 0 Å². The van der Waals surface area contributed by atoms with Crippen LogP contribution in [0.25, 0.3) is 11.4 Å². The van der Waals surface area contributed by atoms with E-state index >= 15 is 0 Å². The van der Waals surface area contributed by atoms with Crippen molar-refractivity contribution in [2.24, 2.45) is 0 Å². The Morgan fingerprint density at radius 3 is 2.80 bits per heavy atom. The average molecular weight is 411 g/mol. The molecule has 1 aliphatic heterocycles. The van der Waals surface area contributed by atoms with Crippen LogP contribution in [0.1, 0.15) is 17.9 Å². The summed E-state index contributed by atoms with van der Waals surface area (Å²) in [5.41, 5.74) is 1.70. The summed E-state index contributed by atoms with van der Waals surface area (Å²) in [6, 6.07) is 8.46. The zero-order valence-electron chi connectivity index (χ0n) is 16.6. The molecule has 0 radical (unpaired) electrons. The number of anilines is 2. The van der Waals surface area contributed by atoms with Gasteiger partial charge in [0.05, 0.1) is 25.1 Å². The highest BCUT2D eigenvalue weighted by Gasteiger charge is 2.14. The number of halogens is 1. The predicted octanol–water partition coefficient (Wildman–Crippen LogP) is 2.99. The monoisotopic (exact) mass is 411 g/mol. The molecule has 8 nitrogen and oxygen atoms in total. The van der Waals surface area contributed by atoms with E-state index in [1.165, 1.54) is 6.07 Å². The van der Waals surface area contributed by atoms with Crippen LogP contribution >= 0.6 is 0 Å². The third kappa shape index (κ3) is 4.80. The van der Waals surface area contributed by atoms with Crippen LogP contribution in [-0.2, 0) is 16.0 Å². The first-order valence-electron chi connectivity index (χ1n) is 9.76. The second-order valence-corrected chi connectivity index (χ2v) is 7.03. The second-order valence-electron chi connectivity index (χ2n) is 7.03.